The van der Waals surface area contributed by atoms with E-state index in [0.29, 0.717) is 22.4 Å². The zero-order valence-electron chi connectivity index (χ0n) is 23.5. The molecule has 1 unspecified atom stereocenters. The third-order valence-corrected chi connectivity index (χ3v) is 7.42. The van der Waals surface area contributed by atoms with Gasteiger partial charge in [0.1, 0.15) is 5.84 Å². The third kappa shape index (κ3) is 8.61. The predicted octanol–water partition coefficient (Wildman–Crippen LogP) is 4.40. The molecule has 0 saturated heterocycles. The number of alkyl carbamates (subject to hydrolysis) is 1. The fraction of sp³-hybridized carbons (Fsp3) is 0.276. The van der Waals surface area contributed by atoms with Crippen LogP contribution < -0.4 is 15.8 Å². The molecule has 1 atom stereocenters. The van der Waals surface area contributed by atoms with E-state index in [4.69, 9.17) is 15.3 Å². The van der Waals surface area contributed by atoms with Crippen LogP contribution in [0.3, 0.4) is 0 Å². The van der Waals surface area contributed by atoms with Gasteiger partial charge in [-0.2, -0.15) is 0 Å². The molecule has 3 amide bonds. The number of nitrogens with one attached hydrogen (secondary N) is 3. The molecule has 3 rings (SSSR count). The van der Waals surface area contributed by atoms with Crippen LogP contribution in [-0.2, 0) is 21.3 Å². The molecule has 0 aliphatic heterocycles. The second-order valence-corrected chi connectivity index (χ2v) is 10.9. The Bertz CT molecular complexity index is 1490. The lowest BCUT2D eigenvalue weighted by Gasteiger charge is -2.25. The number of carbonyl (C=O) groups is 2. The standard InChI is InChI=1S/C29H36N6O5S/c1-5-35(6-2)20(3)40-29(37)33-27(30)23-11-9-10-21(18-23)19-34(4)28(36)32-24-16-14-22(15-17-24)25-12-7-8-13-26(25)41(31,38)39/h7-18,20H,5-6,19H2,1-4H3,(H,32,36)(H2,30,33,37)(H2,31,38,39). The van der Waals surface area contributed by atoms with Crippen LogP contribution in [0.25, 0.3) is 11.1 Å². The largest absolute Gasteiger partial charge is 0.430 e. The Balaban J connectivity index is 1.60. The van der Waals surface area contributed by atoms with Crippen molar-refractivity contribution in [3.63, 3.8) is 0 Å². The van der Waals surface area contributed by atoms with Crippen molar-refractivity contribution in [1.29, 1.82) is 5.41 Å². The van der Waals surface area contributed by atoms with Crippen molar-refractivity contribution in [2.24, 2.45) is 5.14 Å². The first-order valence-electron chi connectivity index (χ1n) is 13.1. The van der Waals surface area contributed by atoms with Crippen molar-refractivity contribution in [3.05, 3.63) is 83.9 Å². The molecule has 0 fully saturated rings. The van der Waals surface area contributed by atoms with E-state index in [0.717, 1.165) is 18.7 Å². The van der Waals surface area contributed by atoms with Gasteiger partial charge in [0, 0.05) is 30.4 Å². The maximum atomic E-state index is 12.8. The van der Waals surface area contributed by atoms with E-state index in [1.165, 1.54) is 11.0 Å². The molecule has 41 heavy (non-hydrogen) atoms. The molecule has 0 aliphatic carbocycles. The van der Waals surface area contributed by atoms with Crippen LogP contribution in [0.5, 0.6) is 0 Å². The number of amides is 3. The minimum atomic E-state index is -3.89. The van der Waals surface area contributed by atoms with Gasteiger partial charge in [-0.15, -0.1) is 0 Å². The molecular weight excluding hydrogens is 544 g/mol. The van der Waals surface area contributed by atoms with Crippen molar-refractivity contribution in [3.8, 4) is 11.1 Å². The summed E-state index contributed by atoms with van der Waals surface area (Å²) < 4.78 is 29.2. The number of hydrogen-bond donors (Lipinski definition) is 4. The molecule has 218 valence electrons. The molecule has 0 heterocycles. The molecule has 0 saturated carbocycles. The Kier molecular flexibility index (Phi) is 10.6. The Morgan fingerprint density at radius 1 is 1.00 bits per heavy atom. The van der Waals surface area contributed by atoms with E-state index < -0.39 is 22.3 Å². The number of rotatable bonds is 10. The first-order chi connectivity index (χ1) is 19.4. The molecule has 0 radical (unpaired) electrons. The number of nitrogens with two attached hydrogens (primary N) is 1. The topological polar surface area (TPSA) is 158 Å². The number of nitrogens with zero attached hydrogens (tertiary/aromatic N) is 2. The molecule has 0 spiro atoms. The molecule has 11 nitrogen and oxygen atoms in total. The monoisotopic (exact) mass is 580 g/mol. The van der Waals surface area contributed by atoms with Crippen molar-refractivity contribution >= 4 is 33.7 Å². The van der Waals surface area contributed by atoms with Crippen molar-refractivity contribution in [2.45, 2.75) is 38.4 Å². The summed E-state index contributed by atoms with van der Waals surface area (Å²) in [6.45, 7) is 7.43. The van der Waals surface area contributed by atoms with Crippen LogP contribution in [0.2, 0.25) is 0 Å². The summed E-state index contributed by atoms with van der Waals surface area (Å²) >= 11 is 0. The van der Waals surface area contributed by atoms with Crippen molar-refractivity contribution in [1.82, 2.24) is 15.1 Å². The van der Waals surface area contributed by atoms with E-state index >= 15 is 0 Å². The van der Waals surface area contributed by atoms with E-state index in [1.54, 1.807) is 74.6 Å². The normalized spacial score (nSPS) is 12.0. The molecule has 0 aromatic heterocycles. The minimum Gasteiger partial charge on any atom is -0.430 e. The summed E-state index contributed by atoms with van der Waals surface area (Å²) in [6.07, 6.45) is -1.14. The maximum absolute atomic E-state index is 12.8. The quantitative estimate of drug-likeness (QED) is 0.158. The van der Waals surface area contributed by atoms with Gasteiger partial charge >= 0.3 is 12.1 Å². The number of anilines is 1. The Morgan fingerprint density at radius 2 is 1.66 bits per heavy atom. The first-order valence-corrected chi connectivity index (χ1v) is 14.6. The smallest absolute Gasteiger partial charge is 0.414 e. The Morgan fingerprint density at radius 3 is 2.29 bits per heavy atom. The van der Waals surface area contributed by atoms with Crippen molar-refractivity contribution < 1.29 is 22.7 Å². The fourth-order valence-electron chi connectivity index (χ4n) is 4.25. The number of ether oxygens (including phenoxy) is 1. The van der Waals surface area contributed by atoms with Crippen LogP contribution in [0.4, 0.5) is 15.3 Å². The summed E-state index contributed by atoms with van der Waals surface area (Å²) in [5.41, 5.74) is 2.86. The van der Waals surface area contributed by atoms with Gasteiger partial charge in [0.2, 0.25) is 10.0 Å². The second-order valence-electron chi connectivity index (χ2n) is 9.33. The predicted molar refractivity (Wildman–Crippen MR) is 159 cm³/mol. The Labute approximate surface area is 240 Å². The number of hydrogen-bond acceptors (Lipinski definition) is 7. The summed E-state index contributed by atoms with van der Waals surface area (Å²) in [5, 5.41) is 18.9. The number of primary sulfonamides is 1. The van der Waals surface area contributed by atoms with Gasteiger partial charge in [-0.3, -0.25) is 15.6 Å². The summed E-state index contributed by atoms with van der Waals surface area (Å²) in [7, 11) is -2.26. The van der Waals surface area contributed by atoms with Crippen LogP contribution >= 0.6 is 0 Å². The SMILES string of the molecule is CCN(CC)C(C)OC(=O)NC(=N)c1cccc(CN(C)C(=O)Nc2ccc(-c3ccccc3S(N)(=O)=O)cc2)c1. The lowest BCUT2D eigenvalue weighted by molar-refractivity contribution is 0.00680. The summed E-state index contributed by atoms with van der Waals surface area (Å²) in [6, 6.07) is 19.8. The van der Waals surface area contributed by atoms with Crippen LogP contribution in [0.1, 0.15) is 31.9 Å². The fourth-order valence-corrected chi connectivity index (χ4v) is 5.01. The highest BCUT2D eigenvalue weighted by molar-refractivity contribution is 7.89. The highest BCUT2D eigenvalue weighted by Gasteiger charge is 2.18. The van der Waals surface area contributed by atoms with Crippen molar-refractivity contribution in [2.75, 3.05) is 25.5 Å². The van der Waals surface area contributed by atoms with E-state index in [2.05, 4.69) is 10.6 Å². The lowest BCUT2D eigenvalue weighted by Crippen LogP contribution is -2.40. The minimum absolute atomic E-state index is 0.0214. The number of carbonyl (C=O) groups excluding carboxylic acids is 2. The van der Waals surface area contributed by atoms with E-state index in [9.17, 15) is 18.0 Å². The average molecular weight is 581 g/mol. The third-order valence-electron chi connectivity index (χ3n) is 6.45. The highest BCUT2D eigenvalue weighted by Crippen LogP contribution is 2.27. The van der Waals surface area contributed by atoms with Crippen LogP contribution in [-0.4, -0.2) is 62.5 Å². The Hall–Kier alpha value is -4.26. The van der Waals surface area contributed by atoms with E-state index in [-0.39, 0.29) is 23.3 Å². The van der Waals surface area contributed by atoms with E-state index in [1.807, 2.05) is 24.8 Å². The van der Waals surface area contributed by atoms with Gasteiger partial charge in [-0.05, 0) is 55.4 Å². The molecular formula is C29H36N6O5S. The maximum Gasteiger partial charge on any atom is 0.414 e. The number of benzene rings is 3. The number of urea groups is 1. The van der Waals surface area contributed by atoms with Crippen LogP contribution in [0, 0.1) is 5.41 Å². The summed E-state index contributed by atoms with van der Waals surface area (Å²) in [5.74, 6) is -0.111. The van der Waals surface area contributed by atoms with Gasteiger partial charge in [0.25, 0.3) is 0 Å². The lowest BCUT2D eigenvalue weighted by atomic mass is 10.1. The molecule has 12 heteroatoms. The highest BCUT2D eigenvalue weighted by atomic mass is 32.2. The van der Waals surface area contributed by atoms with Crippen LogP contribution in [0.15, 0.2) is 77.7 Å². The zero-order chi connectivity index (χ0) is 30.2. The molecule has 0 aliphatic rings. The van der Waals surface area contributed by atoms with Gasteiger partial charge in [-0.1, -0.05) is 62.4 Å². The average Bonchev–Trinajstić information content (AvgIpc) is 2.93. The van der Waals surface area contributed by atoms with Gasteiger partial charge in [-0.25, -0.2) is 23.1 Å². The molecule has 3 aromatic carbocycles. The van der Waals surface area contributed by atoms with Gasteiger partial charge in [0.15, 0.2) is 6.23 Å². The zero-order valence-corrected chi connectivity index (χ0v) is 24.4. The second kappa shape index (κ2) is 13.9. The molecule has 3 aromatic rings. The number of sulfonamides is 1. The summed E-state index contributed by atoms with van der Waals surface area (Å²) in [4.78, 5) is 28.6. The molecule has 5 N–H and O–H groups in total. The van der Waals surface area contributed by atoms with Gasteiger partial charge < -0.3 is 15.0 Å². The molecule has 0 bridgehead atoms. The van der Waals surface area contributed by atoms with Gasteiger partial charge in [0.05, 0.1) is 4.90 Å². The number of amidine groups is 1. The first kappa shape index (κ1) is 31.3.